The molecule has 7 nitrogen and oxygen atoms in total. The van der Waals surface area contributed by atoms with E-state index >= 15 is 0 Å². The quantitative estimate of drug-likeness (QED) is 0.626. The maximum absolute atomic E-state index is 12.8. The summed E-state index contributed by atoms with van der Waals surface area (Å²) in [6.07, 6.45) is 8.54. The van der Waals surface area contributed by atoms with Crippen molar-refractivity contribution in [2.75, 3.05) is 33.4 Å². The average Bonchev–Trinajstić information content (AvgIpc) is 3.27. The Morgan fingerprint density at radius 2 is 1.97 bits per heavy atom. The summed E-state index contributed by atoms with van der Waals surface area (Å²) in [5, 5.41) is 0. The van der Waals surface area contributed by atoms with Gasteiger partial charge in [0.15, 0.2) is 0 Å². The van der Waals surface area contributed by atoms with E-state index < -0.39 is 0 Å². The lowest BCUT2D eigenvalue weighted by Crippen LogP contribution is -2.43. The first-order valence-corrected chi connectivity index (χ1v) is 9.89. The Hall–Kier alpha value is -3.24. The van der Waals surface area contributed by atoms with Gasteiger partial charge in [-0.25, -0.2) is 0 Å². The SMILES string of the molecule is C#CCN(Cc1ccco1)C(=O)c1ccc(OC2CCN(C(=O)COC)CC2)cc1. The van der Waals surface area contributed by atoms with Gasteiger partial charge in [0.05, 0.1) is 19.4 Å². The van der Waals surface area contributed by atoms with Crippen LogP contribution >= 0.6 is 0 Å². The molecule has 1 fully saturated rings. The first kappa shape index (κ1) is 21.5. The van der Waals surface area contributed by atoms with Gasteiger partial charge in [0.25, 0.3) is 5.91 Å². The molecule has 0 aliphatic carbocycles. The molecule has 30 heavy (non-hydrogen) atoms. The van der Waals surface area contributed by atoms with E-state index in [-0.39, 0.29) is 31.1 Å². The topological polar surface area (TPSA) is 72.2 Å². The highest BCUT2D eigenvalue weighted by molar-refractivity contribution is 5.94. The Balaban J connectivity index is 1.55. The highest BCUT2D eigenvalue weighted by Crippen LogP contribution is 2.21. The Bertz CT molecular complexity index is 862. The number of amides is 2. The highest BCUT2D eigenvalue weighted by Gasteiger charge is 2.24. The van der Waals surface area contributed by atoms with Crippen LogP contribution in [0, 0.1) is 12.3 Å². The predicted molar refractivity (Wildman–Crippen MR) is 111 cm³/mol. The summed E-state index contributed by atoms with van der Waals surface area (Å²) in [5.41, 5.74) is 0.532. The normalized spacial score (nSPS) is 14.2. The number of carbonyl (C=O) groups excluding carboxylic acids is 2. The lowest BCUT2D eigenvalue weighted by molar-refractivity contribution is -0.136. The summed E-state index contributed by atoms with van der Waals surface area (Å²) >= 11 is 0. The van der Waals surface area contributed by atoms with Gasteiger partial charge < -0.3 is 23.7 Å². The number of likely N-dealkylation sites (tertiary alicyclic amines) is 1. The minimum absolute atomic E-state index is 0.00452. The van der Waals surface area contributed by atoms with Crippen molar-refractivity contribution < 1.29 is 23.5 Å². The second-order valence-electron chi connectivity index (χ2n) is 7.10. The maximum Gasteiger partial charge on any atom is 0.255 e. The van der Waals surface area contributed by atoms with Crippen molar-refractivity contribution in [1.82, 2.24) is 9.80 Å². The summed E-state index contributed by atoms with van der Waals surface area (Å²) in [6.45, 7) is 1.92. The average molecular weight is 410 g/mol. The van der Waals surface area contributed by atoms with E-state index in [0.717, 1.165) is 12.8 Å². The number of carbonyl (C=O) groups is 2. The third-order valence-corrected chi connectivity index (χ3v) is 4.96. The second-order valence-corrected chi connectivity index (χ2v) is 7.10. The third-order valence-electron chi connectivity index (χ3n) is 4.96. The van der Waals surface area contributed by atoms with Crippen LogP contribution in [0.5, 0.6) is 5.75 Å². The number of benzene rings is 1. The minimum atomic E-state index is -0.166. The zero-order valence-corrected chi connectivity index (χ0v) is 17.1. The third kappa shape index (κ3) is 5.65. The number of hydrogen-bond acceptors (Lipinski definition) is 5. The molecule has 158 valence electrons. The number of rotatable bonds is 8. The molecule has 3 rings (SSSR count). The van der Waals surface area contributed by atoms with Crippen LogP contribution in [-0.2, 0) is 16.1 Å². The van der Waals surface area contributed by atoms with Crippen molar-refractivity contribution in [2.45, 2.75) is 25.5 Å². The fourth-order valence-electron chi connectivity index (χ4n) is 3.39. The van der Waals surface area contributed by atoms with Crippen molar-refractivity contribution >= 4 is 11.8 Å². The molecule has 0 N–H and O–H groups in total. The molecule has 1 aromatic carbocycles. The zero-order chi connectivity index (χ0) is 21.3. The molecule has 1 saturated heterocycles. The minimum Gasteiger partial charge on any atom is -0.490 e. The Labute approximate surface area is 176 Å². The van der Waals surface area contributed by atoms with Gasteiger partial charge in [0.1, 0.15) is 24.2 Å². The summed E-state index contributed by atoms with van der Waals surface area (Å²) < 4.78 is 16.3. The molecular formula is C23H26N2O5. The maximum atomic E-state index is 12.8. The second kappa shape index (κ2) is 10.5. The number of furan rings is 1. The molecule has 2 amide bonds. The number of hydrogen-bond donors (Lipinski definition) is 0. The molecular weight excluding hydrogens is 384 g/mol. The van der Waals surface area contributed by atoms with Crippen molar-refractivity contribution in [3.63, 3.8) is 0 Å². The monoisotopic (exact) mass is 410 g/mol. The predicted octanol–water partition coefficient (Wildman–Crippen LogP) is 2.57. The van der Waals surface area contributed by atoms with E-state index in [9.17, 15) is 9.59 Å². The number of methoxy groups -OCH3 is 1. The Morgan fingerprint density at radius 1 is 1.23 bits per heavy atom. The van der Waals surface area contributed by atoms with Gasteiger partial charge in [-0.1, -0.05) is 5.92 Å². The van der Waals surface area contributed by atoms with Crippen LogP contribution in [0.4, 0.5) is 0 Å². The zero-order valence-electron chi connectivity index (χ0n) is 17.1. The first-order chi connectivity index (χ1) is 14.6. The largest absolute Gasteiger partial charge is 0.490 e. The van der Waals surface area contributed by atoms with Crippen molar-refractivity contribution in [2.24, 2.45) is 0 Å². The van der Waals surface area contributed by atoms with E-state index in [2.05, 4.69) is 5.92 Å². The first-order valence-electron chi connectivity index (χ1n) is 9.89. The van der Waals surface area contributed by atoms with Gasteiger partial charge in [-0.15, -0.1) is 6.42 Å². The smallest absolute Gasteiger partial charge is 0.255 e. The lowest BCUT2D eigenvalue weighted by Gasteiger charge is -2.32. The van der Waals surface area contributed by atoms with Crippen molar-refractivity contribution in [3.8, 4) is 18.1 Å². The van der Waals surface area contributed by atoms with E-state index in [4.69, 9.17) is 20.3 Å². The molecule has 2 heterocycles. The van der Waals surface area contributed by atoms with E-state index in [1.807, 2.05) is 6.07 Å². The number of terminal acetylenes is 1. The molecule has 1 aliphatic rings. The van der Waals surface area contributed by atoms with Gasteiger partial charge >= 0.3 is 0 Å². The molecule has 0 spiro atoms. The number of ether oxygens (including phenoxy) is 2. The van der Waals surface area contributed by atoms with Gasteiger partial charge in [0.2, 0.25) is 5.91 Å². The van der Waals surface area contributed by atoms with Gasteiger partial charge in [-0.2, -0.15) is 0 Å². The van der Waals surface area contributed by atoms with E-state index in [1.54, 1.807) is 46.4 Å². The molecule has 0 bridgehead atoms. The van der Waals surface area contributed by atoms with Crippen LogP contribution < -0.4 is 4.74 Å². The molecule has 0 unspecified atom stereocenters. The standard InChI is InChI=1S/C23H26N2O5/c1-3-12-25(16-21-5-4-15-29-21)23(27)18-6-8-19(9-7-18)30-20-10-13-24(14-11-20)22(26)17-28-2/h1,4-9,15,20H,10-14,16-17H2,2H3. The number of nitrogens with zero attached hydrogens (tertiary/aromatic N) is 2. The number of piperidine rings is 1. The molecule has 2 aromatic rings. The summed E-state index contributed by atoms with van der Waals surface area (Å²) in [6, 6.07) is 10.6. The summed E-state index contributed by atoms with van der Waals surface area (Å²) in [5.74, 6) is 3.73. The molecule has 0 saturated carbocycles. The van der Waals surface area contributed by atoms with E-state index in [1.165, 1.54) is 7.11 Å². The highest BCUT2D eigenvalue weighted by atomic mass is 16.5. The van der Waals surface area contributed by atoms with Crippen LogP contribution in [0.1, 0.15) is 29.0 Å². The Morgan fingerprint density at radius 3 is 2.57 bits per heavy atom. The van der Waals surface area contributed by atoms with Crippen LogP contribution in [0.15, 0.2) is 47.1 Å². The van der Waals surface area contributed by atoms with Crippen LogP contribution in [-0.4, -0.2) is 61.1 Å². The van der Waals surface area contributed by atoms with Crippen LogP contribution in [0.2, 0.25) is 0 Å². The summed E-state index contributed by atoms with van der Waals surface area (Å²) in [4.78, 5) is 28.0. The van der Waals surface area contributed by atoms with Crippen LogP contribution in [0.3, 0.4) is 0 Å². The molecule has 0 radical (unpaired) electrons. The van der Waals surface area contributed by atoms with Crippen molar-refractivity contribution in [1.29, 1.82) is 0 Å². The Kier molecular flexibility index (Phi) is 7.52. The fraction of sp³-hybridized carbons (Fsp3) is 0.391. The van der Waals surface area contributed by atoms with E-state index in [0.29, 0.717) is 36.7 Å². The summed E-state index contributed by atoms with van der Waals surface area (Å²) in [7, 11) is 1.52. The van der Waals surface area contributed by atoms with Gasteiger partial charge in [0, 0.05) is 38.6 Å². The van der Waals surface area contributed by atoms with Gasteiger partial charge in [-0.3, -0.25) is 9.59 Å². The van der Waals surface area contributed by atoms with Crippen molar-refractivity contribution in [3.05, 3.63) is 54.0 Å². The molecule has 0 atom stereocenters. The van der Waals surface area contributed by atoms with Gasteiger partial charge in [-0.05, 0) is 36.4 Å². The molecule has 1 aromatic heterocycles. The lowest BCUT2D eigenvalue weighted by atomic mass is 10.1. The van der Waals surface area contributed by atoms with Crippen LogP contribution in [0.25, 0.3) is 0 Å². The fourth-order valence-corrected chi connectivity index (χ4v) is 3.39. The molecule has 1 aliphatic heterocycles. The molecule has 7 heteroatoms.